The molecule has 25 heavy (non-hydrogen) atoms. The molecule has 1 heterocycles. The first-order chi connectivity index (χ1) is 11.6. The van der Waals surface area contributed by atoms with Crippen LogP contribution < -0.4 is 11.5 Å². The van der Waals surface area contributed by atoms with Gasteiger partial charge in [0.05, 0.1) is 5.54 Å². The second-order valence-electron chi connectivity index (χ2n) is 8.55. The Bertz CT molecular complexity index is 634. The number of nitrogens with zero attached hydrogens (tertiary/aromatic N) is 1. The normalized spacial score (nSPS) is 24.3. The first kappa shape index (κ1) is 20.0. The van der Waals surface area contributed by atoms with Crippen molar-refractivity contribution in [2.75, 3.05) is 6.61 Å². The van der Waals surface area contributed by atoms with Gasteiger partial charge in [-0.2, -0.15) is 0 Å². The number of aromatic nitrogens is 1. The van der Waals surface area contributed by atoms with Gasteiger partial charge in [0.25, 0.3) is 0 Å². The van der Waals surface area contributed by atoms with Gasteiger partial charge in [0.2, 0.25) is 0 Å². The molecule has 2 rings (SSSR count). The number of hydrogen-bond acceptors (Lipinski definition) is 4. The minimum absolute atomic E-state index is 0.208. The first-order valence-corrected chi connectivity index (χ1v) is 12.0. The molecule has 0 bridgehead atoms. The SMILES string of the molecule is CC(C)(C)[Si](C)(C)OCCCC1(N)C=CC(c2cccnc2)=CC1N. The summed E-state index contributed by atoms with van der Waals surface area (Å²) >= 11 is 0. The van der Waals surface area contributed by atoms with E-state index in [1.54, 1.807) is 6.20 Å². The van der Waals surface area contributed by atoms with Crippen LogP contribution in [0.25, 0.3) is 5.57 Å². The fourth-order valence-electron chi connectivity index (χ4n) is 2.66. The van der Waals surface area contributed by atoms with Gasteiger partial charge in [0.15, 0.2) is 8.32 Å². The molecule has 0 radical (unpaired) electrons. The zero-order valence-corrected chi connectivity index (χ0v) is 17.3. The monoisotopic (exact) mass is 359 g/mol. The van der Waals surface area contributed by atoms with Crippen LogP contribution in [0.15, 0.2) is 42.8 Å². The van der Waals surface area contributed by atoms with Gasteiger partial charge in [0, 0.05) is 25.0 Å². The van der Waals surface area contributed by atoms with Gasteiger partial charge in [0.1, 0.15) is 0 Å². The van der Waals surface area contributed by atoms with E-state index < -0.39 is 13.9 Å². The topological polar surface area (TPSA) is 74.2 Å². The van der Waals surface area contributed by atoms with E-state index in [1.165, 1.54) is 0 Å². The quantitative estimate of drug-likeness (QED) is 0.597. The Morgan fingerprint density at radius 2 is 2.04 bits per heavy atom. The lowest BCUT2D eigenvalue weighted by atomic mass is 9.81. The lowest BCUT2D eigenvalue weighted by Gasteiger charge is -2.37. The average molecular weight is 360 g/mol. The minimum Gasteiger partial charge on any atom is -0.417 e. The van der Waals surface area contributed by atoms with Gasteiger partial charge in [-0.1, -0.05) is 45.1 Å². The van der Waals surface area contributed by atoms with Crippen LogP contribution in [-0.4, -0.2) is 31.5 Å². The van der Waals surface area contributed by atoms with Gasteiger partial charge in [-0.25, -0.2) is 0 Å². The molecule has 0 fully saturated rings. The lowest BCUT2D eigenvalue weighted by molar-refractivity contribution is 0.264. The molecule has 2 unspecified atom stereocenters. The highest BCUT2D eigenvalue weighted by molar-refractivity contribution is 6.74. The third-order valence-electron chi connectivity index (χ3n) is 5.57. The Morgan fingerprint density at radius 3 is 2.60 bits per heavy atom. The maximum atomic E-state index is 6.56. The molecule has 5 heteroatoms. The molecule has 138 valence electrons. The Hall–Kier alpha value is -1.27. The van der Waals surface area contributed by atoms with Crippen LogP contribution in [0.3, 0.4) is 0 Å². The molecule has 0 saturated heterocycles. The predicted molar refractivity (Wildman–Crippen MR) is 109 cm³/mol. The number of pyridine rings is 1. The summed E-state index contributed by atoms with van der Waals surface area (Å²) < 4.78 is 6.25. The van der Waals surface area contributed by atoms with Gasteiger partial charge in [-0.15, -0.1) is 0 Å². The summed E-state index contributed by atoms with van der Waals surface area (Å²) in [6.07, 6.45) is 11.5. The van der Waals surface area contributed by atoms with Crippen LogP contribution in [0, 0.1) is 0 Å². The summed E-state index contributed by atoms with van der Waals surface area (Å²) in [7, 11) is -1.70. The smallest absolute Gasteiger partial charge is 0.191 e. The van der Waals surface area contributed by atoms with Crippen LogP contribution in [0.5, 0.6) is 0 Å². The van der Waals surface area contributed by atoms with Crippen molar-refractivity contribution in [1.29, 1.82) is 0 Å². The summed E-state index contributed by atoms with van der Waals surface area (Å²) in [5.74, 6) is 0. The zero-order chi connectivity index (χ0) is 18.7. The highest BCUT2D eigenvalue weighted by Gasteiger charge is 2.37. The standard InChI is InChI=1S/C20H33N3OSi/c1-19(2,3)25(4,5)24-13-7-10-20(22)11-9-16(14-18(20)21)17-8-6-12-23-15-17/h6,8-9,11-12,14-15,18H,7,10,13,21-22H2,1-5H3. The fourth-order valence-corrected chi connectivity index (χ4v) is 3.75. The van der Waals surface area contributed by atoms with E-state index in [-0.39, 0.29) is 11.1 Å². The summed E-state index contributed by atoms with van der Waals surface area (Å²) in [6, 6.07) is 3.75. The highest BCUT2D eigenvalue weighted by atomic mass is 28.4. The molecular weight excluding hydrogens is 326 g/mol. The molecule has 0 amide bonds. The Kier molecular flexibility index (Phi) is 6.04. The second-order valence-corrected chi connectivity index (χ2v) is 13.4. The number of rotatable bonds is 6. The molecule has 1 aliphatic rings. The van der Waals surface area contributed by atoms with Gasteiger partial charge < -0.3 is 15.9 Å². The maximum absolute atomic E-state index is 6.56. The van der Waals surface area contributed by atoms with E-state index >= 15 is 0 Å². The predicted octanol–water partition coefficient (Wildman–Crippen LogP) is 3.86. The van der Waals surface area contributed by atoms with Gasteiger partial charge >= 0.3 is 0 Å². The van der Waals surface area contributed by atoms with E-state index in [2.05, 4.69) is 44.9 Å². The lowest BCUT2D eigenvalue weighted by Crippen LogP contribution is -2.54. The zero-order valence-electron chi connectivity index (χ0n) is 16.3. The number of nitrogens with two attached hydrogens (primary N) is 2. The number of hydrogen-bond donors (Lipinski definition) is 2. The summed E-state index contributed by atoms with van der Waals surface area (Å²) in [6.45, 7) is 12.1. The molecule has 0 aliphatic heterocycles. The van der Waals surface area contributed by atoms with Crippen molar-refractivity contribution < 1.29 is 4.43 Å². The Balaban J connectivity index is 1.91. The third kappa shape index (κ3) is 4.88. The minimum atomic E-state index is -1.70. The van der Waals surface area contributed by atoms with Crippen LogP contribution >= 0.6 is 0 Å². The van der Waals surface area contributed by atoms with Crippen molar-refractivity contribution >= 4 is 13.9 Å². The van der Waals surface area contributed by atoms with E-state index in [4.69, 9.17) is 15.9 Å². The molecule has 0 aromatic carbocycles. The van der Waals surface area contributed by atoms with Crippen molar-refractivity contribution in [2.45, 2.75) is 63.3 Å². The summed E-state index contributed by atoms with van der Waals surface area (Å²) in [5, 5.41) is 0.232. The van der Waals surface area contributed by atoms with Crippen molar-refractivity contribution in [3.63, 3.8) is 0 Å². The van der Waals surface area contributed by atoms with Crippen molar-refractivity contribution in [3.05, 3.63) is 48.3 Å². The molecule has 0 saturated carbocycles. The first-order valence-electron chi connectivity index (χ1n) is 9.05. The molecule has 4 nitrogen and oxygen atoms in total. The van der Waals surface area contributed by atoms with E-state index in [0.29, 0.717) is 0 Å². The molecule has 1 aromatic rings. The molecule has 4 N–H and O–H groups in total. The number of allylic oxidation sites excluding steroid dienone is 2. The van der Waals surface area contributed by atoms with Crippen LogP contribution in [-0.2, 0) is 4.43 Å². The van der Waals surface area contributed by atoms with E-state index in [1.807, 2.05) is 30.5 Å². The Morgan fingerprint density at radius 1 is 1.32 bits per heavy atom. The molecule has 0 spiro atoms. The molecule has 1 aromatic heterocycles. The van der Waals surface area contributed by atoms with E-state index in [9.17, 15) is 0 Å². The maximum Gasteiger partial charge on any atom is 0.191 e. The van der Waals surface area contributed by atoms with Gasteiger partial charge in [-0.3, -0.25) is 4.98 Å². The average Bonchev–Trinajstić information content (AvgIpc) is 2.54. The third-order valence-corrected chi connectivity index (χ3v) is 10.1. The van der Waals surface area contributed by atoms with Gasteiger partial charge in [-0.05, 0) is 48.2 Å². The summed E-state index contributed by atoms with van der Waals surface area (Å²) in [5.41, 5.74) is 14.6. The Labute approximate surface area is 153 Å². The van der Waals surface area contributed by atoms with E-state index in [0.717, 1.165) is 30.6 Å². The molecule has 1 aliphatic carbocycles. The van der Waals surface area contributed by atoms with Crippen molar-refractivity contribution in [2.24, 2.45) is 11.5 Å². The van der Waals surface area contributed by atoms with Crippen LogP contribution in [0.4, 0.5) is 0 Å². The van der Waals surface area contributed by atoms with Crippen LogP contribution in [0.2, 0.25) is 18.1 Å². The summed E-state index contributed by atoms with van der Waals surface area (Å²) in [4.78, 5) is 4.17. The van der Waals surface area contributed by atoms with Crippen molar-refractivity contribution in [1.82, 2.24) is 4.98 Å². The molecule has 2 atom stereocenters. The fraction of sp³-hybridized carbons (Fsp3) is 0.550. The highest BCUT2D eigenvalue weighted by Crippen LogP contribution is 2.36. The van der Waals surface area contributed by atoms with Crippen molar-refractivity contribution in [3.8, 4) is 0 Å². The van der Waals surface area contributed by atoms with Crippen LogP contribution in [0.1, 0.15) is 39.2 Å². The largest absolute Gasteiger partial charge is 0.417 e. The molecular formula is C20H33N3OSi. The second kappa shape index (κ2) is 7.54.